The van der Waals surface area contributed by atoms with Gasteiger partial charge in [-0.25, -0.2) is 0 Å². The number of likely N-dealkylation sites (N-methyl/N-ethyl adjacent to an activating group) is 1. The Labute approximate surface area is 292 Å². The number of hydrogen-bond acceptors (Lipinski definition) is 11. The zero-order chi connectivity index (χ0) is 37.0. The van der Waals surface area contributed by atoms with Crippen LogP contribution in [0.2, 0.25) is 0 Å². The van der Waals surface area contributed by atoms with Gasteiger partial charge in [0.05, 0.1) is 35.9 Å². The van der Waals surface area contributed by atoms with Gasteiger partial charge in [-0.1, -0.05) is 45.7 Å². The molecule has 3 rings (SSSR count). The van der Waals surface area contributed by atoms with Crippen LogP contribution >= 0.6 is 0 Å². The molecule has 0 aromatic heterocycles. The molecule has 0 amide bonds. The van der Waals surface area contributed by atoms with E-state index in [-0.39, 0.29) is 30.8 Å². The molecular weight excluding hydrogens is 630 g/mol. The number of rotatable bonds is 7. The number of methoxy groups -OCH3 is 1. The Morgan fingerprint density at radius 1 is 1.02 bits per heavy atom. The van der Waals surface area contributed by atoms with Crippen LogP contribution in [0.3, 0.4) is 0 Å². The fraction of sp³-hybridized carbons (Fsp3) is 0.737. The SMILES string of the molecule is C#Cc1ccc(CN(C)[C@H]2C[C@@H](C)O[C@@H](O[C@@H]3[C@@H](C)[C@H](O)[C@@H](C)C(=O)O[C@H](CC)[C@@](C)(O)[C@H](O)[C@@H](C)C(=O)C[C@@H](C)[C@@]3(C)OC)[C@H]2O)cc1. The first kappa shape index (κ1) is 41.0. The van der Waals surface area contributed by atoms with E-state index >= 15 is 0 Å². The second-order valence-electron chi connectivity index (χ2n) is 14.8. The number of esters is 1. The van der Waals surface area contributed by atoms with E-state index in [1.54, 1.807) is 20.8 Å². The lowest BCUT2D eigenvalue weighted by Crippen LogP contribution is -2.61. The summed E-state index contributed by atoms with van der Waals surface area (Å²) < 4.78 is 24.7. The zero-order valence-electron chi connectivity index (χ0n) is 30.8. The number of aliphatic hydroxyl groups excluding tert-OH is 3. The summed E-state index contributed by atoms with van der Waals surface area (Å²) in [5.41, 5.74) is -1.39. The molecule has 0 bridgehead atoms. The van der Waals surface area contributed by atoms with Gasteiger partial charge in [0.25, 0.3) is 0 Å². The van der Waals surface area contributed by atoms with Gasteiger partial charge >= 0.3 is 5.97 Å². The van der Waals surface area contributed by atoms with Crippen LogP contribution in [0.1, 0.15) is 85.8 Å². The third-order valence-corrected chi connectivity index (χ3v) is 11.3. The molecule has 0 radical (unpaired) electrons. The summed E-state index contributed by atoms with van der Waals surface area (Å²) in [6, 6.07) is 7.30. The fourth-order valence-corrected chi connectivity index (χ4v) is 7.41. The van der Waals surface area contributed by atoms with Gasteiger partial charge in [-0.3, -0.25) is 14.5 Å². The van der Waals surface area contributed by atoms with E-state index < -0.39 is 77.7 Å². The predicted molar refractivity (Wildman–Crippen MR) is 184 cm³/mol. The topological polar surface area (TPSA) is 155 Å². The van der Waals surface area contributed by atoms with E-state index in [1.165, 1.54) is 27.9 Å². The van der Waals surface area contributed by atoms with Crippen molar-refractivity contribution in [1.29, 1.82) is 0 Å². The van der Waals surface area contributed by atoms with Crippen molar-refractivity contribution in [1.82, 2.24) is 4.90 Å². The highest BCUT2D eigenvalue weighted by Crippen LogP contribution is 2.40. The number of ether oxygens (including phenoxy) is 4. The Morgan fingerprint density at radius 3 is 2.18 bits per heavy atom. The number of benzene rings is 1. The Balaban J connectivity index is 2.00. The summed E-state index contributed by atoms with van der Waals surface area (Å²) in [5.74, 6) is -1.91. The third kappa shape index (κ3) is 8.92. The van der Waals surface area contributed by atoms with Crippen LogP contribution in [0.5, 0.6) is 0 Å². The van der Waals surface area contributed by atoms with Gasteiger partial charge in [0.1, 0.15) is 23.6 Å². The van der Waals surface area contributed by atoms with Crippen LogP contribution in [-0.2, 0) is 35.1 Å². The molecule has 0 aliphatic carbocycles. The van der Waals surface area contributed by atoms with Gasteiger partial charge in [-0.05, 0) is 71.2 Å². The lowest BCUT2D eigenvalue weighted by molar-refractivity contribution is -0.306. The minimum absolute atomic E-state index is 0.0538. The van der Waals surface area contributed by atoms with Crippen LogP contribution in [-0.4, -0.2) is 111 Å². The third-order valence-electron chi connectivity index (χ3n) is 11.3. The molecule has 2 saturated heterocycles. The maximum Gasteiger partial charge on any atom is 0.311 e. The summed E-state index contributed by atoms with van der Waals surface area (Å²) in [6.07, 6.45) is -1.39. The van der Waals surface area contributed by atoms with Crippen LogP contribution in [0.25, 0.3) is 0 Å². The molecule has 0 spiro atoms. The second kappa shape index (κ2) is 16.7. The van der Waals surface area contributed by atoms with Gasteiger partial charge in [0, 0.05) is 43.5 Å². The average Bonchev–Trinajstić information content (AvgIpc) is 3.08. The molecule has 2 aliphatic rings. The first-order chi connectivity index (χ1) is 22.8. The van der Waals surface area contributed by atoms with Crippen molar-refractivity contribution in [2.75, 3.05) is 14.2 Å². The standard InChI is InChI=1S/C38H59NO10/c1-12-26-14-16-27(17-15-26)20-39(10)28-19-22(4)47-36(32(28)42)49-34-24(6)31(41)25(7)35(44)48-30(13-2)37(8,45)33(43)23(5)29(40)18-21(3)38(34,9)46-11/h1,14-17,21-25,28,30-34,36,41-43,45H,13,18-20H2,2-11H3/t21-,22-,23+,24+,25-,28+,30-,31+,32+,33-,34-,36+,37-,38-/m1/s1. The average molecular weight is 690 g/mol. The number of carbonyl (C=O) groups excluding carboxylic acids is 2. The molecule has 49 heavy (non-hydrogen) atoms. The molecule has 2 fully saturated rings. The number of ketones is 1. The lowest BCUT2D eigenvalue weighted by Gasteiger charge is -2.49. The Hall–Kier alpha value is -2.40. The molecule has 11 heteroatoms. The van der Waals surface area contributed by atoms with Crippen molar-refractivity contribution in [3.63, 3.8) is 0 Å². The highest BCUT2D eigenvalue weighted by molar-refractivity contribution is 5.81. The minimum Gasteiger partial charge on any atom is -0.459 e. The Bertz CT molecular complexity index is 1300. The highest BCUT2D eigenvalue weighted by Gasteiger charge is 2.52. The Morgan fingerprint density at radius 2 is 1.63 bits per heavy atom. The van der Waals surface area contributed by atoms with Crippen molar-refractivity contribution < 1.29 is 49.0 Å². The van der Waals surface area contributed by atoms with Gasteiger partial charge in [-0.2, -0.15) is 0 Å². The normalized spacial score (nSPS) is 41.5. The molecule has 2 aliphatic heterocycles. The number of aliphatic hydroxyl groups is 4. The smallest absolute Gasteiger partial charge is 0.311 e. The first-order valence-corrected chi connectivity index (χ1v) is 17.4. The number of nitrogens with zero attached hydrogens (tertiary/aromatic N) is 1. The van der Waals surface area contributed by atoms with E-state index in [4.69, 9.17) is 25.4 Å². The summed E-state index contributed by atoms with van der Waals surface area (Å²) in [5, 5.41) is 46.0. The number of Topliss-reactive ketones (excluding diaryl/α,β-unsaturated/α-hetero) is 1. The molecule has 1 aromatic carbocycles. The zero-order valence-corrected chi connectivity index (χ0v) is 30.8. The van der Waals surface area contributed by atoms with E-state index in [0.29, 0.717) is 13.0 Å². The van der Waals surface area contributed by atoms with Crippen molar-refractivity contribution >= 4 is 11.8 Å². The molecule has 1 aromatic rings. The van der Waals surface area contributed by atoms with E-state index in [2.05, 4.69) is 5.92 Å². The molecule has 2 heterocycles. The summed E-state index contributed by atoms with van der Waals surface area (Å²) in [6.45, 7) is 13.8. The van der Waals surface area contributed by atoms with E-state index in [0.717, 1.165) is 11.1 Å². The Kier molecular flexibility index (Phi) is 14.0. The van der Waals surface area contributed by atoms with Crippen LogP contribution < -0.4 is 0 Å². The number of terminal acetylenes is 1. The summed E-state index contributed by atoms with van der Waals surface area (Å²) in [4.78, 5) is 29.1. The van der Waals surface area contributed by atoms with Gasteiger partial charge < -0.3 is 39.4 Å². The predicted octanol–water partition coefficient (Wildman–Crippen LogP) is 3.07. The van der Waals surface area contributed by atoms with Crippen molar-refractivity contribution in [2.24, 2.45) is 23.7 Å². The molecule has 0 saturated carbocycles. The quantitative estimate of drug-likeness (QED) is 0.247. The second-order valence-corrected chi connectivity index (χ2v) is 14.8. The van der Waals surface area contributed by atoms with Gasteiger partial charge in [0.15, 0.2) is 6.29 Å². The van der Waals surface area contributed by atoms with E-state index in [9.17, 15) is 30.0 Å². The molecule has 0 unspecified atom stereocenters. The summed E-state index contributed by atoms with van der Waals surface area (Å²) >= 11 is 0. The number of hydrogen-bond donors (Lipinski definition) is 4. The number of carbonyl (C=O) groups is 2. The number of cyclic esters (lactones) is 1. The lowest BCUT2D eigenvalue weighted by atomic mass is 9.72. The minimum atomic E-state index is -1.93. The monoisotopic (exact) mass is 689 g/mol. The van der Waals surface area contributed by atoms with Gasteiger partial charge in [0.2, 0.25) is 0 Å². The first-order valence-electron chi connectivity index (χ1n) is 17.4. The van der Waals surface area contributed by atoms with Crippen molar-refractivity contribution in [3.8, 4) is 12.3 Å². The maximum absolute atomic E-state index is 13.6. The van der Waals surface area contributed by atoms with E-state index in [1.807, 2.05) is 50.1 Å². The maximum atomic E-state index is 13.6. The molecular formula is C38H59NO10. The van der Waals surface area contributed by atoms with Crippen molar-refractivity contribution in [3.05, 3.63) is 35.4 Å². The van der Waals surface area contributed by atoms with Crippen LogP contribution in [0.15, 0.2) is 24.3 Å². The highest BCUT2D eigenvalue weighted by atomic mass is 16.7. The largest absolute Gasteiger partial charge is 0.459 e. The van der Waals surface area contributed by atoms with Crippen LogP contribution in [0, 0.1) is 36.0 Å². The van der Waals surface area contributed by atoms with Crippen LogP contribution in [0.4, 0.5) is 0 Å². The molecule has 14 atom stereocenters. The molecule has 4 N–H and O–H groups in total. The fourth-order valence-electron chi connectivity index (χ4n) is 7.41. The molecule has 11 nitrogen and oxygen atoms in total. The van der Waals surface area contributed by atoms with Gasteiger partial charge in [-0.15, -0.1) is 6.42 Å². The summed E-state index contributed by atoms with van der Waals surface area (Å²) in [7, 11) is 3.40. The van der Waals surface area contributed by atoms with Crippen molar-refractivity contribution in [2.45, 2.75) is 141 Å². The molecule has 276 valence electrons.